The molecule has 0 saturated carbocycles. The summed E-state index contributed by atoms with van der Waals surface area (Å²) >= 11 is 0. The van der Waals surface area contributed by atoms with Gasteiger partial charge in [0.15, 0.2) is 5.96 Å². The average molecular weight is 360 g/mol. The predicted molar refractivity (Wildman–Crippen MR) is 113 cm³/mol. The molecule has 5 heteroatoms. The molecule has 146 valence electrons. The zero-order chi connectivity index (χ0) is 18.9. The van der Waals surface area contributed by atoms with Crippen molar-refractivity contribution in [2.45, 2.75) is 52.6 Å². The van der Waals surface area contributed by atoms with Crippen LogP contribution in [0.3, 0.4) is 0 Å². The number of hydrogen-bond acceptors (Lipinski definition) is 3. The summed E-state index contributed by atoms with van der Waals surface area (Å²) in [6.45, 7) is 11.8. The van der Waals surface area contributed by atoms with Crippen LogP contribution in [-0.4, -0.2) is 57.2 Å². The van der Waals surface area contributed by atoms with Gasteiger partial charge >= 0.3 is 0 Å². The Balaban J connectivity index is 1.94. The van der Waals surface area contributed by atoms with Crippen molar-refractivity contribution in [3.63, 3.8) is 0 Å². The largest absolute Gasteiger partial charge is 0.378 e. The van der Waals surface area contributed by atoms with Crippen molar-refractivity contribution in [2.24, 2.45) is 4.99 Å². The third-order valence-corrected chi connectivity index (χ3v) is 5.06. The summed E-state index contributed by atoms with van der Waals surface area (Å²) in [6.07, 6.45) is 3.64. The van der Waals surface area contributed by atoms with E-state index in [1.54, 1.807) is 0 Å². The molecular weight excluding hydrogens is 322 g/mol. The summed E-state index contributed by atoms with van der Waals surface area (Å²) in [4.78, 5) is 9.54. The van der Waals surface area contributed by atoms with Gasteiger partial charge in [-0.05, 0) is 62.9 Å². The van der Waals surface area contributed by atoms with E-state index in [0.717, 1.165) is 12.5 Å². The third-order valence-electron chi connectivity index (χ3n) is 5.06. The van der Waals surface area contributed by atoms with Gasteiger partial charge in [-0.15, -0.1) is 0 Å². The number of nitrogens with zero attached hydrogens (tertiary/aromatic N) is 3. The molecular formula is C21H37N5. The number of hydrogen-bond donors (Lipinski definition) is 2. The Labute approximate surface area is 159 Å². The summed E-state index contributed by atoms with van der Waals surface area (Å²) in [6, 6.07) is 7.12. The van der Waals surface area contributed by atoms with E-state index in [-0.39, 0.29) is 0 Å². The lowest BCUT2D eigenvalue weighted by atomic mass is 10.1. The number of nitrogens with one attached hydrogen (secondary N) is 2. The zero-order valence-corrected chi connectivity index (χ0v) is 17.3. The highest BCUT2D eigenvalue weighted by atomic mass is 15.2. The summed E-state index contributed by atoms with van der Waals surface area (Å²) in [7, 11) is 4.15. The van der Waals surface area contributed by atoms with Crippen LogP contribution >= 0.6 is 0 Å². The lowest BCUT2D eigenvalue weighted by molar-refractivity contribution is 0.206. The van der Waals surface area contributed by atoms with Gasteiger partial charge < -0.3 is 20.4 Å². The van der Waals surface area contributed by atoms with E-state index >= 15 is 0 Å². The summed E-state index contributed by atoms with van der Waals surface area (Å²) < 4.78 is 0. The van der Waals surface area contributed by atoms with Gasteiger partial charge in [0, 0.05) is 45.5 Å². The van der Waals surface area contributed by atoms with Crippen LogP contribution in [0.5, 0.6) is 0 Å². The van der Waals surface area contributed by atoms with Gasteiger partial charge in [-0.3, -0.25) is 0 Å². The van der Waals surface area contributed by atoms with Gasteiger partial charge in [0.05, 0.1) is 6.54 Å². The lowest BCUT2D eigenvalue weighted by Crippen LogP contribution is -2.48. The summed E-state index contributed by atoms with van der Waals surface area (Å²) in [5.41, 5.74) is 3.81. The first-order valence-electron chi connectivity index (χ1n) is 10.1. The molecule has 0 spiro atoms. The van der Waals surface area contributed by atoms with Crippen LogP contribution in [0.1, 0.15) is 44.2 Å². The molecule has 0 unspecified atom stereocenters. The maximum Gasteiger partial charge on any atom is 0.191 e. The van der Waals surface area contributed by atoms with Gasteiger partial charge in [-0.1, -0.05) is 13.0 Å². The topological polar surface area (TPSA) is 42.9 Å². The maximum atomic E-state index is 4.84. The van der Waals surface area contributed by atoms with Crippen molar-refractivity contribution in [3.8, 4) is 0 Å². The molecule has 1 aromatic rings. The Hall–Kier alpha value is -1.75. The van der Waals surface area contributed by atoms with Crippen LogP contribution in [0.4, 0.5) is 5.69 Å². The predicted octanol–water partition coefficient (Wildman–Crippen LogP) is 2.99. The molecule has 5 nitrogen and oxygen atoms in total. The SMILES string of the molecule is CCCN1CCC(NC(=NCc2ccc(N(C)C)cc2C)NCC)CC1. The Morgan fingerprint density at radius 3 is 2.54 bits per heavy atom. The first-order chi connectivity index (χ1) is 12.5. The fourth-order valence-corrected chi connectivity index (χ4v) is 3.43. The molecule has 1 aliphatic heterocycles. The first kappa shape index (κ1) is 20.6. The molecule has 1 aromatic carbocycles. The Morgan fingerprint density at radius 2 is 1.96 bits per heavy atom. The fourth-order valence-electron chi connectivity index (χ4n) is 3.43. The Kier molecular flexibility index (Phi) is 8.23. The molecule has 26 heavy (non-hydrogen) atoms. The molecule has 0 aliphatic carbocycles. The van der Waals surface area contributed by atoms with Gasteiger partial charge in [0.2, 0.25) is 0 Å². The number of benzene rings is 1. The number of guanidine groups is 1. The van der Waals surface area contributed by atoms with Crippen LogP contribution in [0.15, 0.2) is 23.2 Å². The van der Waals surface area contributed by atoms with E-state index in [2.05, 4.69) is 73.5 Å². The summed E-state index contributed by atoms with van der Waals surface area (Å²) in [5.74, 6) is 0.942. The van der Waals surface area contributed by atoms with E-state index in [0.29, 0.717) is 12.6 Å². The maximum absolute atomic E-state index is 4.84. The molecule has 2 N–H and O–H groups in total. The molecule has 0 aromatic heterocycles. The molecule has 0 radical (unpaired) electrons. The van der Waals surface area contributed by atoms with E-state index in [9.17, 15) is 0 Å². The van der Waals surface area contributed by atoms with Crippen LogP contribution in [-0.2, 0) is 6.54 Å². The minimum Gasteiger partial charge on any atom is -0.378 e. The number of aliphatic imine (C=N–C) groups is 1. The standard InChI is InChI=1S/C21H37N5/c1-6-12-26-13-10-19(11-14-26)24-21(22-7-2)23-16-18-8-9-20(25(4)5)15-17(18)3/h8-9,15,19H,6-7,10-14,16H2,1-5H3,(H2,22,23,24). The number of likely N-dealkylation sites (tertiary alicyclic amines) is 1. The second kappa shape index (κ2) is 10.4. The van der Waals surface area contributed by atoms with Crippen molar-refractivity contribution in [1.29, 1.82) is 0 Å². The molecule has 1 aliphatic rings. The van der Waals surface area contributed by atoms with Crippen molar-refractivity contribution in [2.75, 3.05) is 45.2 Å². The molecule has 1 fully saturated rings. The van der Waals surface area contributed by atoms with E-state index in [1.807, 2.05) is 0 Å². The average Bonchev–Trinajstić information content (AvgIpc) is 2.62. The number of rotatable bonds is 7. The molecule has 1 heterocycles. The van der Waals surface area contributed by atoms with Crippen molar-refractivity contribution >= 4 is 11.6 Å². The van der Waals surface area contributed by atoms with Gasteiger partial charge in [0.25, 0.3) is 0 Å². The van der Waals surface area contributed by atoms with E-state index < -0.39 is 0 Å². The van der Waals surface area contributed by atoms with Crippen LogP contribution < -0.4 is 15.5 Å². The molecule has 0 atom stereocenters. The van der Waals surface area contributed by atoms with Gasteiger partial charge in [-0.25, -0.2) is 4.99 Å². The number of anilines is 1. The van der Waals surface area contributed by atoms with E-state index in [1.165, 1.54) is 55.7 Å². The highest BCUT2D eigenvalue weighted by Crippen LogP contribution is 2.18. The highest BCUT2D eigenvalue weighted by Gasteiger charge is 2.19. The monoisotopic (exact) mass is 359 g/mol. The quantitative estimate of drug-likeness (QED) is 0.580. The fraction of sp³-hybridized carbons (Fsp3) is 0.667. The number of aryl methyl sites for hydroxylation is 1. The van der Waals surface area contributed by atoms with Gasteiger partial charge in [0.1, 0.15) is 0 Å². The first-order valence-corrected chi connectivity index (χ1v) is 10.1. The highest BCUT2D eigenvalue weighted by molar-refractivity contribution is 5.80. The van der Waals surface area contributed by atoms with Crippen molar-refractivity contribution in [1.82, 2.24) is 15.5 Å². The minimum atomic E-state index is 0.526. The molecule has 0 bridgehead atoms. The second-order valence-electron chi connectivity index (χ2n) is 7.46. The lowest BCUT2D eigenvalue weighted by Gasteiger charge is -2.32. The summed E-state index contributed by atoms with van der Waals surface area (Å²) in [5, 5.41) is 7.05. The Morgan fingerprint density at radius 1 is 1.23 bits per heavy atom. The van der Waals surface area contributed by atoms with Crippen LogP contribution in [0.25, 0.3) is 0 Å². The minimum absolute atomic E-state index is 0.526. The van der Waals surface area contributed by atoms with Crippen molar-refractivity contribution in [3.05, 3.63) is 29.3 Å². The molecule has 0 amide bonds. The van der Waals surface area contributed by atoms with Crippen LogP contribution in [0.2, 0.25) is 0 Å². The molecule has 2 rings (SSSR count). The zero-order valence-electron chi connectivity index (χ0n) is 17.3. The second-order valence-corrected chi connectivity index (χ2v) is 7.46. The van der Waals surface area contributed by atoms with E-state index in [4.69, 9.17) is 4.99 Å². The smallest absolute Gasteiger partial charge is 0.191 e. The normalized spacial score (nSPS) is 16.6. The van der Waals surface area contributed by atoms with Crippen molar-refractivity contribution < 1.29 is 0 Å². The van der Waals surface area contributed by atoms with Gasteiger partial charge in [-0.2, -0.15) is 0 Å². The van der Waals surface area contributed by atoms with Crippen LogP contribution in [0, 0.1) is 6.92 Å². The Bertz CT molecular complexity index is 574. The third kappa shape index (κ3) is 6.20. The molecule has 1 saturated heterocycles. The number of piperidine rings is 1.